The van der Waals surface area contributed by atoms with Gasteiger partial charge in [-0.3, -0.25) is 9.59 Å². The Labute approximate surface area is 352 Å². The summed E-state index contributed by atoms with van der Waals surface area (Å²) in [6, 6.07) is -0.318. The molecule has 6 fully saturated rings. The maximum Gasteiger partial charge on any atom is 0.335 e. The second-order valence-corrected chi connectivity index (χ2v) is 21.7. The summed E-state index contributed by atoms with van der Waals surface area (Å²) in [7, 11) is 0. The Kier molecular flexibility index (Phi) is 8.76. The van der Waals surface area contributed by atoms with Gasteiger partial charge in [-0.05, 0) is 122 Å². The van der Waals surface area contributed by atoms with Gasteiger partial charge in [-0.1, -0.05) is 70.6 Å². The summed E-state index contributed by atoms with van der Waals surface area (Å²) in [5.74, 6) is -2.52. The number of carboxylic acid groups (broad SMARTS) is 2. The topological polar surface area (TPSA) is 199 Å². The van der Waals surface area contributed by atoms with Crippen LogP contribution in [0.25, 0.3) is 0 Å². The number of aliphatic carboxylic acids is 2. The lowest BCUT2D eigenvalue weighted by Crippen LogP contribution is -2.76. The maximum absolute atomic E-state index is 15.1. The lowest BCUT2D eigenvalue weighted by Gasteiger charge is -2.79. The first-order valence-electron chi connectivity index (χ1n) is 22.7. The van der Waals surface area contributed by atoms with Crippen LogP contribution in [0, 0.1) is 55.2 Å². The molecule has 2 saturated heterocycles. The van der Waals surface area contributed by atoms with E-state index in [1.807, 2.05) is 0 Å². The average molecular weight is 829 g/mol. The Balaban J connectivity index is 1.13. The fourth-order valence-corrected chi connectivity index (χ4v) is 17.1. The summed E-state index contributed by atoms with van der Waals surface area (Å²) in [5.41, 5.74) is -0.567. The normalized spacial score (nSPS) is 50.4. The van der Waals surface area contributed by atoms with Gasteiger partial charge in [0.25, 0.3) is 0 Å². The Morgan fingerprint density at radius 1 is 0.900 bits per heavy atom. The molecular weight excluding hydrogens is 765 g/mol. The number of hydrogen-bond acceptors (Lipinski definition) is 8. The van der Waals surface area contributed by atoms with E-state index in [1.54, 1.807) is 0 Å². The van der Waals surface area contributed by atoms with Gasteiger partial charge in [0.15, 0.2) is 12.4 Å². The molecule has 2 spiro atoms. The fourth-order valence-electron chi connectivity index (χ4n) is 17.1. The summed E-state index contributed by atoms with van der Waals surface area (Å²) < 4.78 is 12.3. The van der Waals surface area contributed by atoms with E-state index in [0.717, 1.165) is 57.8 Å². The first kappa shape index (κ1) is 40.8. The standard InChI is InChI=1S/C48H64N2O10/c1-6-26-24-49-25-27(26)8-16-44-17-12-31(59-38-34(53)32(51)33(52)35(60-38)37(55)56)41(2,3)29(44)10-15-43(5)46(44)18-9-28-36(54)50-39-42(4)13-7-14-48(39)30(11-19-46)47(28,43)23-22-45(48,21-20-42)40(57)58/h7,9,11,14,18,24-25,28-29,31-35,38-39,49,51-53H,6,8,10,12-13,15-17,19-23H2,1-5H3,(H,50,54)(H,55,56)(H,57,58)/t28-,29+,31+,32+,33+,34-,35+,38-,39-,42+,43-,44+,45-,46+,47+,48-/m1/s1. The van der Waals surface area contributed by atoms with Crippen LogP contribution < -0.4 is 5.32 Å². The Bertz CT molecular complexity index is 2110. The first-order valence-corrected chi connectivity index (χ1v) is 22.7. The van der Waals surface area contributed by atoms with Crippen molar-refractivity contribution in [1.82, 2.24) is 10.3 Å². The predicted octanol–water partition coefficient (Wildman–Crippen LogP) is 5.61. The first-order chi connectivity index (χ1) is 28.4. The number of aromatic nitrogens is 1. The molecule has 10 rings (SSSR count). The van der Waals surface area contributed by atoms with E-state index in [2.05, 4.69) is 87.7 Å². The number of nitrogens with one attached hydrogen (secondary N) is 2. The van der Waals surface area contributed by atoms with E-state index in [9.17, 15) is 35.1 Å². The molecule has 0 radical (unpaired) electrons. The van der Waals surface area contributed by atoms with E-state index in [-0.39, 0.29) is 28.7 Å². The number of amides is 1. The number of aromatic amines is 1. The second-order valence-electron chi connectivity index (χ2n) is 21.7. The van der Waals surface area contributed by atoms with E-state index in [4.69, 9.17) is 9.47 Å². The minimum atomic E-state index is -1.81. The van der Waals surface area contributed by atoms with E-state index >= 15 is 4.79 Å². The molecule has 0 unspecified atom stereocenters. The van der Waals surface area contributed by atoms with E-state index in [1.165, 1.54) is 16.7 Å². The fraction of sp³-hybridized carbons (Fsp3) is 0.729. The molecule has 1 aromatic heterocycles. The smallest absolute Gasteiger partial charge is 0.335 e. The van der Waals surface area contributed by atoms with Gasteiger partial charge in [0.05, 0.1) is 17.4 Å². The third-order valence-electron chi connectivity index (χ3n) is 19.9. The molecule has 60 heavy (non-hydrogen) atoms. The highest BCUT2D eigenvalue weighted by Gasteiger charge is 2.83. The summed E-state index contributed by atoms with van der Waals surface area (Å²) in [4.78, 5) is 44.5. The molecule has 7 aliphatic carbocycles. The van der Waals surface area contributed by atoms with Crippen molar-refractivity contribution >= 4 is 17.8 Å². The highest BCUT2D eigenvalue weighted by atomic mass is 16.7. The Morgan fingerprint density at radius 2 is 1.65 bits per heavy atom. The quantitative estimate of drug-likeness (QED) is 0.128. The van der Waals surface area contributed by atoms with Crippen LogP contribution in [0.15, 0.2) is 48.3 Å². The van der Waals surface area contributed by atoms with Crippen LogP contribution in [0.2, 0.25) is 0 Å². The van der Waals surface area contributed by atoms with E-state index < -0.39 is 87.2 Å². The number of carbonyl (C=O) groups excluding carboxylic acids is 1. The van der Waals surface area contributed by atoms with Gasteiger partial charge >= 0.3 is 11.9 Å². The third-order valence-corrected chi connectivity index (χ3v) is 19.9. The molecule has 7 N–H and O–H groups in total. The lowest BCUT2D eigenvalue weighted by molar-refractivity contribution is -0.329. The van der Waals surface area contributed by atoms with Crippen molar-refractivity contribution in [2.24, 2.45) is 55.2 Å². The lowest BCUT2D eigenvalue weighted by atomic mass is 9.23. The molecule has 4 saturated carbocycles. The van der Waals surface area contributed by atoms with Gasteiger partial charge in [-0.15, -0.1) is 0 Å². The van der Waals surface area contributed by atoms with Crippen LogP contribution in [0.1, 0.15) is 116 Å². The van der Waals surface area contributed by atoms with Crippen LogP contribution in [-0.2, 0) is 36.7 Å². The zero-order valence-corrected chi connectivity index (χ0v) is 35.7. The SMILES string of the molecule is CCc1c[nH]cc1CC[C@]12CC[C@H](O[C@@H]3O[C@H](C(=O)O)[C@@H](O)[C@H](O)[C@H]3O)C(C)(C)[C@@H]1CC[C@]1(C)[C@@]23C=C[C@@H]2C(=O)N[C@@H]4[C@@]5(C)CC=C[C@@]46C(=CC3)[C@]21CC[C@@]6(C(=O)O)CC5. The molecule has 16 atom stereocenters. The highest BCUT2D eigenvalue weighted by Crippen LogP contribution is 2.86. The van der Waals surface area contributed by atoms with Crippen LogP contribution in [0.3, 0.4) is 0 Å². The van der Waals surface area contributed by atoms with Crippen LogP contribution in [0.5, 0.6) is 0 Å². The molecular formula is C48H64N2O10. The number of fused-ring (bicyclic) bond motifs is 1. The molecule has 326 valence electrons. The van der Waals surface area contributed by atoms with Crippen molar-refractivity contribution in [2.75, 3.05) is 0 Å². The summed E-state index contributed by atoms with van der Waals surface area (Å²) in [6.07, 6.45) is 16.7. The number of rotatable bonds is 8. The molecule has 1 aromatic rings. The number of allylic oxidation sites excluding steroid dienone is 3. The Morgan fingerprint density at radius 3 is 2.38 bits per heavy atom. The van der Waals surface area contributed by atoms with Crippen molar-refractivity contribution in [3.05, 3.63) is 59.5 Å². The largest absolute Gasteiger partial charge is 0.481 e. The zero-order chi connectivity index (χ0) is 42.6. The van der Waals surface area contributed by atoms with Gasteiger partial charge in [-0.25, -0.2) is 4.79 Å². The molecule has 12 heteroatoms. The average Bonchev–Trinajstić information content (AvgIpc) is 3.62. The monoisotopic (exact) mass is 828 g/mol. The zero-order valence-electron chi connectivity index (χ0n) is 35.7. The highest BCUT2D eigenvalue weighted by molar-refractivity contribution is 5.88. The van der Waals surface area contributed by atoms with Crippen LogP contribution in [-0.4, -0.2) is 91.2 Å². The molecule has 9 aliphatic rings. The van der Waals surface area contributed by atoms with Crippen molar-refractivity contribution in [3.8, 4) is 0 Å². The predicted molar refractivity (Wildman–Crippen MR) is 219 cm³/mol. The number of ether oxygens (including phenoxy) is 2. The second kappa shape index (κ2) is 12.9. The summed E-state index contributed by atoms with van der Waals surface area (Å²) in [5, 5.41) is 57.1. The summed E-state index contributed by atoms with van der Waals surface area (Å²) >= 11 is 0. The van der Waals surface area contributed by atoms with Gasteiger partial charge in [-0.2, -0.15) is 0 Å². The molecule has 2 aliphatic heterocycles. The van der Waals surface area contributed by atoms with Gasteiger partial charge in [0, 0.05) is 34.7 Å². The number of aryl methyl sites for hydroxylation is 2. The number of aliphatic hydroxyl groups is 3. The number of hydrogen-bond donors (Lipinski definition) is 7. The maximum atomic E-state index is 15.1. The van der Waals surface area contributed by atoms with Gasteiger partial charge in [0.2, 0.25) is 5.91 Å². The molecule has 4 bridgehead atoms. The number of carbonyl (C=O) groups is 3. The van der Waals surface area contributed by atoms with Crippen molar-refractivity contribution in [3.63, 3.8) is 0 Å². The molecule has 1 amide bonds. The summed E-state index contributed by atoms with van der Waals surface area (Å²) in [6.45, 7) is 11.3. The minimum absolute atomic E-state index is 0.0249. The van der Waals surface area contributed by atoms with Gasteiger partial charge < -0.3 is 45.3 Å². The number of carboxylic acids is 2. The van der Waals surface area contributed by atoms with E-state index in [0.29, 0.717) is 25.7 Å². The van der Waals surface area contributed by atoms with Gasteiger partial charge in [0.1, 0.15) is 18.3 Å². The Hall–Kier alpha value is -3.29. The van der Waals surface area contributed by atoms with Crippen molar-refractivity contribution in [2.45, 2.75) is 161 Å². The number of aliphatic hydroxyl groups excluding tert-OH is 3. The van der Waals surface area contributed by atoms with Crippen molar-refractivity contribution in [1.29, 1.82) is 0 Å². The molecule has 3 heterocycles. The van der Waals surface area contributed by atoms with Crippen LogP contribution in [0.4, 0.5) is 0 Å². The minimum Gasteiger partial charge on any atom is -0.481 e. The number of H-pyrrole nitrogens is 1. The third kappa shape index (κ3) is 4.53. The van der Waals surface area contributed by atoms with Crippen LogP contribution >= 0.6 is 0 Å². The molecule has 12 nitrogen and oxygen atoms in total. The van der Waals surface area contributed by atoms with Crippen molar-refractivity contribution < 1.29 is 49.4 Å². The molecule has 0 aromatic carbocycles.